The lowest BCUT2D eigenvalue weighted by atomic mass is 10.1. The number of nitrogens with two attached hydrogens (primary N) is 1. The maximum Gasteiger partial charge on any atom is 0.124 e. The van der Waals surface area contributed by atoms with Gasteiger partial charge in [-0.25, -0.2) is 4.39 Å². The second kappa shape index (κ2) is 5.67. The van der Waals surface area contributed by atoms with Crippen LogP contribution in [0.5, 0.6) is 0 Å². The van der Waals surface area contributed by atoms with Gasteiger partial charge >= 0.3 is 0 Å². The first-order valence-corrected chi connectivity index (χ1v) is 5.72. The first kappa shape index (κ1) is 12.6. The summed E-state index contributed by atoms with van der Waals surface area (Å²) in [5, 5.41) is 4.63. The predicted octanol–water partition coefficient (Wildman–Crippen LogP) is 2.03. The van der Waals surface area contributed by atoms with Crippen LogP contribution in [-0.2, 0) is 6.54 Å². The lowest BCUT2D eigenvalue weighted by Crippen LogP contribution is -2.03. The summed E-state index contributed by atoms with van der Waals surface area (Å²) in [4.78, 5) is 0. The number of hydrogen-bond acceptors (Lipinski definition) is 2. The van der Waals surface area contributed by atoms with Gasteiger partial charge in [0.25, 0.3) is 0 Å². The maximum atomic E-state index is 13.2. The lowest BCUT2D eigenvalue weighted by Gasteiger charge is -2.05. The van der Waals surface area contributed by atoms with E-state index in [-0.39, 0.29) is 12.4 Å². The van der Waals surface area contributed by atoms with E-state index in [1.54, 1.807) is 23.1 Å². The Labute approximate surface area is 109 Å². The molecule has 3 nitrogen and oxygen atoms in total. The van der Waals surface area contributed by atoms with Gasteiger partial charge in [-0.05, 0) is 17.7 Å². The molecule has 0 aliphatic rings. The molecule has 2 N–H and O–H groups in total. The summed E-state index contributed by atoms with van der Waals surface area (Å²) < 4.78 is 14.8. The van der Waals surface area contributed by atoms with Crippen LogP contribution in [0.4, 0.5) is 4.39 Å². The second-order valence-corrected chi connectivity index (χ2v) is 4.10. The molecule has 0 fully saturated rings. The molecular formula is C13H11ClFN3. The van der Waals surface area contributed by atoms with Crippen LogP contribution in [0.15, 0.2) is 30.6 Å². The van der Waals surface area contributed by atoms with Crippen molar-refractivity contribution in [1.29, 1.82) is 0 Å². The van der Waals surface area contributed by atoms with Gasteiger partial charge in [-0.2, -0.15) is 5.10 Å². The van der Waals surface area contributed by atoms with Gasteiger partial charge in [0.1, 0.15) is 5.82 Å². The van der Waals surface area contributed by atoms with Crippen molar-refractivity contribution in [3.05, 3.63) is 52.6 Å². The van der Waals surface area contributed by atoms with Crippen molar-refractivity contribution in [3.8, 4) is 11.8 Å². The van der Waals surface area contributed by atoms with Crippen molar-refractivity contribution in [2.45, 2.75) is 6.54 Å². The molecule has 2 aromatic rings. The first-order chi connectivity index (χ1) is 8.69. The number of rotatable bonds is 2. The van der Waals surface area contributed by atoms with Crippen molar-refractivity contribution < 1.29 is 4.39 Å². The van der Waals surface area contributed by atoms with Gasteiger partial charge in [-0.1, -0.05) is 29.5 Å². The van der Waals surface area contributed by atoms with Crippen LogP contribution in [0.2, 0.25) is 5.02 Å². The zero-order valence-electron chi connectivity index (χ0n) is 9.53. The van der Waals surface area contributed by atoms with Crippen LogP contribution in [0.25, 0.3) is 0 Å². The molecule has 0 radical (unpaired) electrons. The summed E-state index contributed by atoms with van der Waals surface area (Å²) in [7, 11) is 0. The molecule has 0 amide bonds. The largest absolute Gasteiger partial charge is 0.320 e. The van der Waals surface area contributed by atoms with Gasteiger partial charge in [0.15, 0.2) is 0 Å². The SMILES string of the molecule is NCC#Cc1cc(F)ccc1Cn1cc(Cl)cn1. The van der Waals surface area contributed by atoms with E-state index in [2.05, 4.69) is 16.9 Å². The third-order valence-electron chi connectivity index (χ3n) is 2.33. The van der Waals surface area contributed by atoms with E-state index in [1.807, 2.05) is 0 Å². The average molecular weight is 264 g/mol. The van der Waals surface area contributed by atoms with Gasteiger partial charge in [0, 0.05) is 11.8 Å². The average Bonchev–Trinajstić information content (AvgIpc) is 2.75. The number of aromatic nitrogens is 2. The molecule has 1 aromatic carbocycles. The zero-order valence-corrected chi connectivity index (χ0v) is 10.3. The van der Waals surface area contributed by atoms with E-state index in [9.17, 15) is 4.39 Å². The van der Waals surface area contributed by atoms with E-state index in [0.29, 0.717) is 17.1 Å². The second-order valence-electron chi connectivity index (χ2n) is 3.66. The molecule has 5 heteroatoms. The van der Waals surface area contributed by atoms with Crippen molar-refractivity contribution in [1.82, 2.24) is 9.78 Å². The predicted molar refractivity (Wildman–Crippen MR) is 68.7 cm³/mol. The van der Waals surface area contributed by atoms with Crippen molar-refractivity contribution >= 4 is 11.6 Å². The number of nitrogens with zero attached hydrogens (tertiary/aromatic N) is 2. The molecular weight excluding hydrogens is 253 g/mol. The van der Waals surface area contributed by atoms with Crippen LogP contribution < -0.4 is 5.73 Å². The minimum atomic E-state index is -0.321. The first-order valence-electron chi connectivity index (χ1n) is 5.34. The minimum Gasteiger partial charge on any atom is -0.320 e. The normalized spacial score (nSPS) is 9.94. The third kappa shape index (κ3) is 3.10. The van der Waals surface area contributed by atoms with Crippen molar-refractivity contribution in [2.75, 3.05) is 6.54 Å². The summed E-state index contributed by atoms with van der Waals surface area (Å²) in [6.45, 7) is 0.727. The summed E-state index contributed by atoms with van der Waals surface area (Å²) in [6, 6.07) is 4.47. The Bertz CT molecular complexity index is 610. The Balaban J connectivity index is 2.31. The zero-order chi connectivity index (χ0) is 13.0. The molecule has 0 aliphatic carbocycles. The quantitative estimate of drug-likeness (QED) is 0.843. The molecule has 0 spiro atoms. The fraction of sp³-hybridized carbons (Fsp3) is 0.154. The molecule has 0 saturated carbocycles. The highest BCUT2D eigenvalue weighted by Crippen LogP contribution is 2.13. The van der Waals surface area contributed by atoms with Gasteiger partial charge in [-0.3, -0.25) is 4.68 Å². The topological polar surface area (TPSA) is 43.8 Å². The Kier molecular flexibility index (Phi) is 3.98. The standard InChI is InChI=1S/C13H11ClFN3/c14-12-7-17-18(9-12)8-11-3-4-13(15)6-10(11)2-1-5-16/h3-4,6-7,9H,5,8,16H2. The van der Waals surface area contributed by atoms with Crippen LogP contribution in [0.3, 0.4) is 0 Å². The van der Waals surface area contributed by atoms with E-state index in [4.69, 9.17) is 17.3 Å². The number of benzene rings is 1. The number of hydrogen-bond donors (Lipinski definition) is 1. The van der Waals surface area contributed by atoms with Crippen molar-refractivity contribution in [3.63, 3.8) is 0 Å². The molecule has 0 bridgehead atoms. The molecule has 0 unspecified atom stereocenters. The molecule has 0 aliphatic heterocycles. The highest BCUT2D eigenvalue weighted by molar-refractivity contribution is 6.30. The summed E-state index contributed by atoms with van der Waals surface area (Å²) in [6.07, 6.45) is 3.25. The molecule has 92 valence electrons. The molecule has 0 atom stereocenters. The van der Waals surface area contributed by atoms with E-state index in [0.717, 1.165) is 5.56 Å². The Morgan fingerprint density at radius 1 is 1.44 bits per heavy atom. The smallest absolute Gasteiger partial charge is 0.124 e. The monoisotopic (exact) mass is 263 g/mol. The van der Waals surface area contributed by atoms with Crippen LogP contribution >= 0.6 is 11.6 Å². The van der Waals surface area contributed by atoms with Gasteiger partial charge in [-0.15, -0.1) is 0 Å². The van der Waals surface area contributed by atoms with Crippen LogP contribution in [0, 0.1) is 17.7 Å². The molecule has 18 heavy (non-hydrogen) atoms. The van der Waals surface area contributed by atoms with Gasteiger partial charge in [0.2, 0.25) is 0 Å². The summed E-state index contributed by atoms with van der Waals surface area (Å²) in [5.41, 5.74) is 6.81. The molecule has 1 aromatic heterocycles. The highest BCUT2D eigenvalue weighted by atomic mass is 35.5. The summed E-state index contributed by atoms with van der Waals surface area (Å²) >= 11 is 5.79. The lowest BCUT2D eigenvalue weighted by molar-refractivity contribution is 0.623. The third-order valence-corrected chi connectivity index (χ3v) is 2.53. The molecule has 0 saturated heterocycles. The molecule has 2 rings (SSSR count). The van der Waals surface area contributed by atoms with Crippen LogP contribution in [0.1, 0.15) is 11.1 Å². The fourth-order valence-electron chi connectivity index (χ4n) is 1.55. The summed E-state index contributed by atoms with van der Waals surface area (Å²) in [5.74, 6) is 5.25. The maximum absolute atomic E-state index is 13.2. The number of halogens is 2. The molecule has 1 heterocycles. The Morgan fingerprint density at radius 2 is 2.28 bits per heavy atom. The van der Waals surface area contributed by atoms with Gasteiger partial charge in [0.05, 0.1) is 24.3 Å². The van der Waals surface area contributed by atoms with Crippen LogP contribution in [-0.4, -0.2) is 16.3 Å². The minimum absolute atomic E-state index is 0.240. The van der Waals surface area contributed by atoms with Gasteiger partial charge < -0.3 is 5.73 Å². The van der Waals surface area contributed by atoms with E-state index >= 15 is 0 Å². The van der Waals surface area contributed by atoms with E-state index in [1.165, 1.54) is 12.1 Å². The van der Waals surface area contributed by atoms with Crippen molar-refractivity contribution in [2.24, 2.45) is 5.73 Å². The fourth-order valence-corrected chi connectivity index (χ4v) is 1.70. The highest BCUT2D eigenvalue weighted by Gasteiger charge is 2.04. The van der Waals surface area contributed by atoms with E-state index < -0.39 is 0 Å². The Hall–Kier alpha value is -1.83. The Morgan fingerprint density at radius 3 is 2.94 bits per heavy atom.